The number of hydrogen-bond acceptors (Lipinski definition) is 7. The molecule has 0 unspecified atom stereocenters. The summed E-state index contributed by atoms with van der Waals surface area (Å²) in [5, 5.41) is 7.90. The summed E-state index contributed by atoms with van der Waals surface area (Å²) in [6, 6.07) is 25.6. The van der Waals surface area contributed by atoms with Gasteiger partial charge in [0.15, 0.2) is 0 Å². The molecule has 0 saturated carbocycles. The largest absolute Gasteiger partial charge is 0.453 e. The fourth-order valence-electron chi connectivity index (χ4n) is 9.00. The van der Waals surface area contributed by atoms with Crippen molar-refractivity contribution in [1.29, 1.82) is 0 Å². The average Bonchev–Trinajstić information content (AvgIpc) is 4.03. The Labute approximate surface area is 353 Å². The van der Waals surface area contributed by atoms with Gasteiger partial charge in [-0.3, -0.25) is 9.69 Å². The number of alkyl carbamates (subject to hydrolysis) is 2. The SMILES string of the molecule is C=C(Cc1cc(-c2ccc(-c3ccc4c(ccc5[nH]c([C@@H]6CCCN6C(=O)[C@@H](NC(=O)OC)C(C)C)nc54)c3)cc2)ccc1C)[C@@H]1CCCN1C[C@@H](NC(=O)OC)C(C)C. The second kappa shape index (κ2) is 18.3. The first-order valence-corrected chi connectivity index (χ1v) is 21.4. The third kappa shape index (κ3) is 9.06. The van der Waals surface area contributed by atoms with E-state index in [4.69, 9.17) is 14.5 Å². The van der Waals surface area contributed by atoms with E-state index in [9.17, 15) is 14.4 Å². The fraction of sp³-hybridized carbons (Fsp3) is 0.429. The minimum absolute atomic E-state index is 0.00511. The molecular formula is C49H60N6O5. The van der Waals surface area contributed by atoms with E-state index in [1.54, 1.807) is 0 Å². The first-order chi connectivity index (χ1) is 28.8. The van der Waals surface area contributed by atoms with Crippen LogP contribution in [0.5, 0.6) is 0 Å². The zero-order valence-electron chi connectivity index (χ0n) is 36.1. The quantitative estimate of drug-likeness (QED) is 0.101. The van der Waals surface area contributed by atoms with Crippen LogP contribution in [0.2, 0.25) is 0 Å². The van der Waals surface area contributed by atoms with E-state index in [0.717, 1.165) is 89.5 Å². The molecule has 2 fully saturated rings. The maximum Gasteiger partial charge on any atom is 0.407 e. The van der Waals surface area contributed by atoms with Gasteiger partial charge in [0, 0.05) is 30.6 Å². The van der Waals surface area contributed by atoms with Gasteiger partial charge in [0.05, 0.1) is 31.3 Å². The van der Waals surface area contributed by atoms with E-state index >= 15 is 0 Å². The first-order valence-electron chi connectivity index (χ1n) is 21.4. The summed E-state index contributed by atoms with van der Waals surface area (Å²) in [6.07, 6.45) is 3.65. The predicted molar refractivity (Wildman–Crippen MR) is 239 cm³/mol. The Kier molecular flexibility index (Phi) is 12.9. The molecule has 5 aromatic rings. The van der Waals surface area contributed by atoms with E-state index in [-0.39, 0.29) is 42.0 Å². The van der Waals surface area contributed by atoms with E-state index < -0.39 is 12.1 Å². The highest BCUT2D eigenvalue weighted by atomic mass is 16.5. The number of nitrogens with one attached hydrogen (secondary N) is 3. The van der Waals surface area contributed by atoms with Crippen LogP contribution in [0.1, 0.15) is 76.4 Å². The van der Waals surface area contributed by atoms with Gasteiger partial charge in [0.2, 0.25) is 5.91 Å². The van der Waals surface area contributed by atoms with Crippen molar-refractivity contribution in [2.75, 3.05) is 33.9 Å². The van der Waals surface area contributed by atoms with Gasteiger partial charge in [-0.1, -0.05) is 101 Å². The lowest BCUT2D eigenvalue weighted by molar-refractivity contribution is -0.135. The van der Waals surface area contributed by atoms with Gasteiger partial charge >= 0.3 is 12.2 Å². The fourth-order valence-corrected chi connectivity index (χ4v) is 9.00. The molecule has 3 N–H and O–H groups in total. The van der Waals surface area contributed by atoms with Gasteiger partial charge in [-0.05, 0) is 108 Å². The zero-order chi connectivity index (χ0) is 42.7. The topological polar surface area (TPSA) is 129 Å². The summed E-state index contributed by atoms with van der Waals surface area (Å²) in [6.45, 7) is 17.3. The zero-order valence-corrected chi connectivity index (χ0v) is 36.1. The number of aromatic nitrogens is 2. The molecular weight excluding hydrogens is 753 g/mol. The Balaban J connectivity index is 1.05. The minimum atomic E-state index is -0.682. The molecule has 7 rings (SSSR count). The Morgan fingerprint density at radius 3 is 2.15 bits per heavy atom. The number of methoxy groups -OCH3 is 2. The van der Waals surface area contributed by atoms with Crippen molar-refractivity contribution in [2.45, 2.75) is 90.9 Å². The lowest BCUT2D eigenvalue weighted by atomic mass is 9.92. The van der Waals surface area contributed by atoms with Gasteiger partial charge in [0.25, 0.3) is 0 Å². The van der Waals surface area contributed by atoms with Crippen molar-refractivity contribution < 1.29 is 23.9 Å². The molecule has 0 spiro atoms. The summed E-state index contributed by atoms with van der Waals surface area (Å²) < 4.78 is 9.70. The molecule has 2 aliphatic heterocycles. The second-order valence-electron chi connectivity index (χ2n) is 17.3. The van der Waals surface area contributed by atoms with Crippen molar-refractivity contribution in [3.05, 3.63) is 102 Å². The molecule has 11 nitrogen and oxygen atoms in total. The van der Waals surface area contributed by atoms with E-state index in [1.807, 2.05) is 18.7 Å². The number of hydrogen-bond donors (Lipinski definition) is 3. The van der Waals surface area contributed by atoms with E-state index in [1.165, 1.54) is 36.5 Å². The number of nitrogens with zero attached hydrogens (tertiary/aromatic N) is 3. The molecule has 2 saturated heterocycles. The summed E-state index contributed by atoms with van der Waals surface area (Å²) in [5.41, 5.74) is 10.2. The number of amides is 3. The first kappa shape index (κ1) is 42.4. The molecule has 60 heavy (non-hydrogen) atoms. The molecule has 2 aliphatic rings. The van der Waals surface area contributed by atoms with Crippen molar-refractivity contribution in [3.63, 3.8) is 0 Å². The molecule has 1 aromatic heterocycles. The number of carbonyl (C=O) groups is 3. The molecule has 0 aliphatic carbocycles. The molecule has 316 valence electrons. The van der Waals surface area contributed by atoms with Crippen LogP contribution < -0.4 is 10.6 Å². The number of rotatable bonds is 13. The number of imidazole rings is 1. The Morgan fingerprint density at radius 2 is 1.47 bits per heavy atom. The molecule has 4 aromatic carbocycles. The van der Waals surface area contributed by atoms with Crippen LogP contribution in [0.4, 0.5) is 9.59 Å². The predicted octanol–water partition coefficient (Wildman–Crippen LogP) is 9.35. The van der Waals surface area contributed by atoms with Crippen LogP contribution in [-0.4, -0.2) is 89.8 Å². The van der Waals surface area contributed by atoms with Gasteiger partial charge < -0.3 is 30.0 Å². The maximum atomic E-state index is 13.7. The minimum Gasteiger partial charge on any atom is -0.453 e. The van der Waals surface area contributed by atoms with Crippen molar-refractivity contribution in [2.24, 2.45) is 11.8 Å². The summed E-state index contributed by atoms with van der Waals surface area (Å²) in [4.78, 5) is 50.7. The van der Waals surface area contributed by atoms with Crippen LogP contribution in [0.15, 0.2) is 84.9 Å². The van der Waals surface area contributed by atoms with E-state index in [0.29, 0.717) is 6.54 Å². The highest BCUT2D eigenvalue weighted by Crippen LogP contribution is 2.36. The Hall–Kier alpha value is -5.68. The maximum absolute atomic E-state index is 13.7. The van der Waals surface area contributed by atoms with Crippen LogP contribution in [-0.2, 0) is 20.7 Å². The molecule has 0 bridgehead atoms. The number of carbonyl (C=O) groups excluding carboxylic acids is 3. The van der Waals surface area contributed by atoms with Crippen LogP contribution in [0, 0.1) is 18.8 Å². The standard InChI is InChI=1S/C49H60N6O5/c1-29(2)41(51-48(57)59-7)28-54-23-9-11-42(54)32(6)25-38-27-35(14-13-31(38)5)33-15-17-34(18-16-33)36-19-21-39-37(26-36)20-22-40-45(39)52-46(50-40)43-12-10-24-55(43)47(56)44(30(3)4)53-49(58)60-8/h13-22,26-27,29-30,41-44H,6,9-12,23-25,28H2,1-5,7-8H3,(H,50,52)(H,51,57)(H,53,58)/t41-,42+,43+,44+/m1/s1. The van der Waals surface area contributed by atoms with Gasteiger partial charge in [-0.25, -0.2) is 14.6 Å². The Morgan fingerprint density at radius 1 is 0.817 bits per heavy atom. The van der Waals surface area contributed by atoms with Crippen LogP contribution in [0.3, 0.4) is 0 Å². The number of aryl methyl sites for hydroxylation is 1. The third-order valence-electron chi connectivity index (χ3n) is 12.6. The molecule has 3 heterocycles. The van der Waals surface area contributed by atoms with Crippen molar-refractivity contribution >= 4 is 39.9 Å². The van der Waals surface area contributed by atoms with Crippen LogP contribution in [0.25, 0.3) is 44.1 Å². The monoisotopic (exact) mass is 812 g/mol. The summed E-state index contributed by atoms with van der Waals surface area (Å²) >= 11 is 0. The van der Waals surface area contributed by atoms with E-state index in [2.05, 4.69) is 121 Å². The number of aromatic amines is 1. The third-order valence-corrected chi connectivity index (χ3v) is 12.6. The van der Waals surface area contributed by atoms with Gasteiger partial charge in [-0.15, -0.1) is 0 Å². The number of likely N-dealkylation sites (tertiary alicyclic amines) is 2. The lowest BCUT2D eigenvalue weighted by Gasteiger charge is -2.32. The van der Waals surface area contributed by atoms with Crippen molar-refractivity contribution in [3.8, 4) is 22.3 Å². The van der Waals surface area contributed by atoms with Gasteiger partial charge in [0.1, 0.15) is 11.9 Å². The molecule has 3 amide bonds. The Bertz CT molecular complexity index is 2370. The number of benzene rings is 4. The van der Waals surface area contributed by atoms with Gasteiger partial charge in [-0.2, -0.15) is 0 Å². The lowest BCUT2D eigenvalue weighted by Crippen LogP contribution is -2.51. The number of ether oxygens (including phenoxy) is 2. The summed E-state index contributed by atoms with van der Waals surface area (Å²) in [7, 11) is 2.72. The average molecular weight is 813 g/mol. The smallest absolute Gasteiger partial charge is 0.407 e. The number of H-pyrrole nitrogens is 1. The number of fused-ring (bicyclic) bond motifs is 3. The van der Waals surface area contributed by atoms with Crippen LogP contribution >= 0.6 is 0 Å². The molecule has 11 heteroatoms. The van der Waals surface area contributed by atoms with Crippen molar-refractivity contribution in [1.82, 2.24) is 30.4 Å². The molecule has 4 atom stereocenters. The molecule has 0 radical (unpaired) electrons. The normalized spacial score (nSPS) is 18.0. The highest BCUT2D eigenvalue weighted by Gasteiger charge is 2.38. The second-order valence-corrected chi connectivity index (χ2v) is 17.3. The highest BCUT2D eigenvalue weighted by molar-refractivity contribution is 6.05. The summed E-state index contributed by atoms with van der Waals surface area (Å²) in [5.74, 6) is 0.822.